The van der Waals surface area contributed by atoms with E-state index in [0.29, 0.717) is 17.2 Å². The van der Waals surface area contributed by atoms with E-state index in [9.17, 15) is 15.3 Å². The molecule has 0 spiro atoms. The topological polar surface area (TPSA) is 60.7 Å². The number of phenols is 3. The van der Waals surface area contributed by atoms with Crippen LogP contribution in [0.25, 0.3) is 0 Å². The summed E-state index contributed by atoms with van der Waals surface area (Å²) in [6.07, 6.45) is 4.02. The van der Waals surface area contributed by atoms with Gasteiger partial charge in [-0.05, 0) is 85.2 Å². The lowest BCUT2D eigenvalue weighted by Crippen LogP contribution is -2.24. The predicted molar refractivity (Wildman–Crippen MR) is 118 cm³/mol. The molecule has 0 unspecified atom stereocenters. The van der Waals surface area contributed by atoms with Crippen molar-refractivity contribution in [3.63, 3.8) is 0 Å². The van der Waals surface area contributed by atoms with Crippen LogP contribution in [-0.2, 0) is 11.8 Å². The molecule has 0 aliphatic rings. The fourth-order valence-corrected chi connectivity index (χ4v) is 3.92. The third kappa shape index (κ3) is 4.73. The quantitative estimate of drug-likeness (QED) is 0.425. The second kappa shape index (κ2) is 8.60. The molecule has 29 heavy (non-hydrogen) atoms. The lowest BCUT2D eigenvalue weighted by Gasteiger charge is -2.32. The fourth-order valence-electron chi connectivity index (χ4n) is 3.92. The van der Waals surface area contributed by atoms with Gasteiger partial charge < -0.3 is 15.3 Å². The zero-order chi connectivity index (χ0) is 21.0. The Morgan fingerprint density at radius 2 is 1.21 bits per heavy atom. The maximum Gasteiger partial charge on any atom is 0.118 e. The number of unbranched alkanes of at least 4 members (excludes halogenated alkanes) is 1. The predicted octanol–water partition coefficient (Wildman–Crippen LogP) is 6.14. The summed E-state index contributed by atoms with van der Waals surface area (Å²) in [4.78, 5) is 0. The van der Waals surface area contributed by atoms with Gasteiger partial charge in [0.2, 0.25) is 0 Å². The summed E-state index contributed by atoms with van der Waals surface area (Å²) in [5.41, 5.74) is 5.09. The third-order valence-electron chi connectivity index (χ3n) is 6.00. The second-order valence-corrected chi connectivity index (χ2v) is 8.21. The van der Waals surface area contributed by atoms with Crippen LogP contribution in [0.15, 0.2) is 60.7 Å². The molecule has 0 saturated carbocycles. The summed E-state index contributed by atoms with van der Waals surface area (Å²) in [7, 11) is 0. The number of aryl methyl sites for hydroxylation is 3. The SMILES string of the molecule is Cc1cc(C(C)(CCCCc2ccc(O)cc2)c2ccc(O)c(C)c2)ccc1O. The number of hydrogen-bond acceptors (Lipinski definition) is 3. The Morgan fingerprint density at radius 3 is 1.69 bits per heavy atom. The minimum Gasteiger partial charge on any atom is -0.508 e. The highest BCUT2D eigenvalue weighted by atomic mass is 16.3. The molecule has 0 aliphatic carbocycles. The molecule has 3 N–H and O–H groups in total. The first-order chi connectivity index (χ1) is 13.8. The number of rotatable bonds is 7. The molecule has 0 amide bonds. The summed E-state index contributed by atoms with van der Waals surface area (Å²) < 4.78 is 0. The minimum atomic E-state index is -0.216. The van der Waals surface area contributed by atoms with Crippen molar-refractivity contribution in [2.75, 3.05) is 0 Å². The molecule has 3 aromatic rings. The first-order valence-electron chi connectivity index (χ1n) is 10.2. The van der Waals surface area contributed by atoms with E-state index in [-0.39, 0.29) is 5.41 Å². The Hall–Kier alpha value is -2.94. The molecule has 0 atom stereocenters. The zero-order valence-corrected chi connectivity index (χ0v) is 17.4. The first kappa shape index (κ1) is 20.8. The summed E-state index contributed by atoms with van der Waals surface area (Å²) in [6, 6.07) is 19.1. The number of hydrogen-bond donors (Lipinski definition) is 3. The monoisotopic (exact) mass is 390 g/mol. The van der Waals surface area contributed by atoms with Crippen molar-refractivity contribution in [3.05, 3.63) is 88.5 Å². The second-order valence-electron chi connectivity index (χ2n) is 8.21. The molecule has 3 rings (SSSR count). The van der Waals surface area contributed by atoms with E-state index in [1.54, 1.807) is 24.3 Å². The minimum absolute atomic E-state index is 0.216. The third-order valence-corrected chi connectivity index (χ3v) is 6.00. The average Bonchev–Trinajstić information content (AvgIpc) is 2.70. The van der Waals surface area contributed by atoms with Crippen molar-refractivity contribution in [1.82, 2.24) is 0 Å². The lowest BCUT2D eigenvalue weighted by molar-refractivity contribution is 0.461. The van der Waals surface area contributed by atoms with E-state index in [1.807, 2.05) is 38.1 Å². The maximum absolute atomic E-state index is 9.97. The van der Waals surface area contributed by atoms with Crippen LogP contribution >= 0.6 is 0 Å². The Bertz CT molecular complexity index is 922. The molecule has 0 radical (unpaired) electrons. The average molecular weight is 391 g/mol. The van der Waals surface area contributed by atoms with Gasteiger partial charge in [0.25, 0.3) is 0 Å². The Kier molecular flexibility index (Phi) is 6.17. The first-order valence-corrected chi connectivity index (χ1v) is 10.2. The van der Waals surface area contributed by atoms with Crippen molar-refractivity contribution in [2.24, 2.45) is 0 Å². The van der Waals surface area contributed by atoms with Gasteiger partial charge in [-0.25, -0.2) is 0 Å². The van der Waals surface area contributed by atoms with Crippen LogP contribution in [0.4, 0.5) is 0 Å². The van der Waals surface area contributed by atoms with E-state index in [0.717, 1.165) is 36.8 Å². The maximum atomic E-state index is 9.97. The normalized spacial score (nSPS) is 11.6. The highest BCUT2D eigenvalue weighted by molar-refractivity contribution is 5.47. The molecule has 0 bridgehead atoms. The number of phenolic OH excluding ortho intramolecular Hbond substituents is 3. The Balaban J connectivity index is 1.83. The van der Waals surface area contributed by atoms with Gasteiger partial charge in [-0.3, -0.25) is 0 Å². The van der Waals surface area contributed by atoms with Crippen LogP contribution in [0.1, 0.15) is 54.0 Å². The van der Waals surface area contributed by atoms with Gasteiger partial charge in [0, 0.05) is 5.41 Å². The summed E-state index contributed by atoms with van der Waals surface area (Å²) in [5.74, 6) is 0.919. The molecule has 3 aromatic carbocycles. The van der Waals surface area contributed by atoms with E-state index in [2.05, 4.69) is 19.1 Å². The van der Waals surface area contributed by atoms with Gasteiger partial charge in [-0.2, -0.15) is 0 Å². The van der Waals surface area contributed by atoms with Crippen LogP contribution in [0.5, 0.6) is 17.2 Å². The van der Waals surface area contributed by atoms with Crippen molar-refractivity contribution in [3.8, 4) is 17.2 Å². The van der Waals surface area contributed by atoms with Crippen LogP contribution in [-0.4, -0.2) is 15.3 Å². The van der Waals surface area contributed by atoms with Crippen molar-refractivity contribution >= 4 is 0 Å². The molecule has 0 fully saturated rings. The molecule has 0 aliphatic heterocycles. The Morgan fingerprint density at radius 1 is 0.690 bits per heavy atom. The Labute approximate surface area is 173 Å². The van der Waals surface area contributed by atoms with Gasteiger partial charge in [-0.1, -0.05) is 49.7 Å². The van der Waals surface area contributed by atoms with Crippen LogP contribution < -0.4 is 0 Å². The van der Waals surface area contributed by atoms with Crippen LogP contribution in [0.3, 0.4) is 0 Å². The van der Waals surface area contributed by atoms with Crippen LogP contribution in [0.2, 0.25) is 0 Å². The molecular formula is C26H30O3. The highest BCUT2D eigenvalue weighted by Gasteiger charge is 2.29. The van der Waals surface area contributed by atoms with Gasteiger partial charge in [0.15, 0.2) is 0 Å². The van der Waals surface area contributed by atoms with E-state index >= 15 is 0 Å². The lowest BCUT2D eigenvalue weighted by atomic mass is 9.72. The molecular weight excluding hydrogens is 360 g/mol. The van der Waals surface area contributed by atoms with Gasteiger partial charge in [0.1, 0.15) is 17.2 Å². The highest BCUT2D eigenvalue weighted by Crippen LogP contribution is 2.39. The van der Waals surface area contributed by atoms with Crippen molar-refractivity contribution in [2.45, 2.75) is 51.9 Å². The molecule has 0 saturated heterocycles. The van der Waals surface area contributed by atoms with Crippen molar-refractivity contribution < 1.29 is 15.3 Å². The zero-order valence-electron chi connectivity index (χ0n) is 17.4. The molecule has 152 valence electrons. The molecule has 3 nitrogen and oxygen atoms in total. The number of benzene rings is 3. The van der Waals surface area contributed by atoms with E-state index < -0.39 is 0 Å². The molecule has 0 aromatic heterocycles. The largest absolute Gasteiger partial charge is 0.508 e. The summed E-state index contributed by atoms with van der Waals surface area (Å²) in [6.45, 7) is 6.09. The van der Waals surface area contributed by atoms with E-state index in [4.69, 9.17) is 0 Å². The summed E-state index contributed by atoms with van der Waals surface area (Å²) in [5, 5.41) is 29.4. The molecule has 0 heterocycles. The fraction of sp³-hybridized carbons (Fsp3) is 0.308. The van der Waals surface area contributed by atoms with Gasteiger partial charge >= 0.3 is 0 Å². The van der Waals surface area contributed by atoms with Gasteiger partial charge in [0.05, 0.1) is 0 Å². The smallest absolute Gasteiger partial charge is 0.118 e. The van der Waals surface area contributed by atoms with Crippen molar-refractivity contribution in [1.29, 1.82) is 0 Å². The van der Waals surface area contributed by atoms with E-state index in [1.165, 1.54) is 16.7 Å². The number of aromatic hydroxyl groups is 3. The standard InChI is InChI=1S/C26H30O3/c1-18-16-21(9-13-24(18)28)26(3,22-10-14-25(29)19(2)17-22)15-5-4-6-20-7-11-23(27)12-8-20/h7-14,16-17,27-29H,4-6,15H2,1-3H3. The molecule has 3 heteroatoms. The van der Waals surface area contributed by atoms with Crippen LogP contribution in [0, 0.1) is 13.8 Å². The summed E-state index contributed by atoms with van der Waals surface area (Å²) >= 11 is 0. The van der Waals surface area contributed by atoms with Gasteiger partial charge in [-0.15, -0.1) is 0 Å².